The van der Waals surface area contributed by atoms with Crippen LogP contribution in [-0.4, -0.2) is 0 Å². The number of halogens is 5. The highest BCUT2D eigenvalue weighted by Gasteiger charge is 2.16. The van der Waals surface area contributed by atoms with E-state index in [1.807, 2.05) is 0 Å². The third kappa shape index (κ3) is 2.89. The van der Waals surface area contributed by atoms with E-state index in [1.54, 1.807) is 12.1 Å². The first-order valence-electron chi connectivity index (χ1n) is 4.53. The van der Waals surface area contributed by atoms with Crippen LogP contribution in [0.25, 0.3) is 0 Å². The van der Waals surface area contributed by atoms with Crippen molar-refractivity contribution in [2.75, 3.05) is 0 Å². The van der Waals surface area contributed by atoms with E-state index >= 15 is 0 Å². The molecule has 1 aromatic carbocycles. The van der Waals surface area contributed by atoms with E-state index in [0.29, 0.717) is 10.6 Å². The van der Waals surface area contributed by atoms with Crippen molar-refractivity contribution in [3.8, 4) is 0 Å². The van der Waals surface area contributed by atoms with Crippen LogP contribution in [0.15, 0.2) is 28.1 Å². The molecule has 0 aliphatic rings. The lowest BCUT2D eigenvalue weighted by Crippen LogP contribution is -1.92. The average Bonchev–Trinajstić information content (AvgIpc) is 2.62. The van der Waals surface area contributed by atoms with Crippen LogP contribution in [0.5, 0.6) is 0 Å². The molecule has 0 aliphatic heterocycles. The average molecular weight is 402 g/mol. The summed E-state index contributed by atoms with van der Waals surface area (Å²) in [4.78, 5) is 0.722. The second-order valence-corrected chi connectivity index (χ2v) is 7.03. The summed E-state index contributed by atoms with van der Waals surface area (Å²) in [6.45, 7) is 0. The number of thiophene rings is 1. The molecule has 0 amide bonds. The summed E-state index contributed by atoms with van der Waals surface area (Å²) in [7, 11) is 0. The summed E-state index contributed by atoms with van der Waals surface area (Å²) in [6.07, 6.45) is 0. The fourth-order valence-electron chi connectivity index (χ4n) is 1.32. The van der Waals surface area contributed by atoms with Gasteiger partial charge in [0.1, 0.15) is 0 Å². The van der Waals surface area contributed by atoms with E-state index in [9.17, 15) is 8.78 Å². The van der Waals surface area contributed by atoms with Gasteiger partial charge in [-0.2, -0.15) is 0 Å². The van der Waals surface area contributed by atoms with Crippen LogP contribution in [0.1, 0.15) is 15.3 Å². The molecule has 0 radical (unpaired) electrons. The Balaban J connectivity index is 2.36. The van der Waals surface area contributed by atoms with Gasteiger partial charge in [-0.25, -0.2) is 8.78 Å². The van der Waals surface area contributed by atoms with Crippen molar-refractivity contribution < 1.29 is 8.78 Å². The van der Waals surface area contributed by atoms with E-state index in [4.69, 9.17) is 11.6 Å². The molecule has 1 atom stereocenters. The second kappa shape index (κ2) is 5.34. The molecule has 0 saturated carbocycles. The molecule has 0 nitrogen and oxygen atoms in total. The van der Waals surface area contributed by atoms with Crippen molar-refractivity contribution in [1.82, 2.24) is 0 Å². The Morgan fingerprint density at radius 2 is 1.88 bits per heavy atom. The highest BCUT2D eigenvalue weighted by atomic mass is 79.9. The predicted molar refractivity (Wildman–Crippen MR) is 74.2 cm³/mol. The molecule has 0 fully saturated rings. The van der Waals surface area contributed by atoms with Gasteiger partial charge in [0.05, 0.1) is 13.6 Å². The molecule has 90 valence electrons. The Hall–Kier alpha value is 0.0300. The standard InChI is InChI=1S/C11H5Br2ClF2S/c12-10(9-4-6(14)11(13)17-9)5-1-2-7(15)8(16)3-5/h1-4,10H. The van der Waals surface area contributed by atoms with Crippen LogP contribution < -0.4 is 0 Å². The minimum atomic E-state index is -0.853. The van der Waals surface area contributed by atoms with Crippen LogP contribution in [0.4, 0.5) is 8.78 Å². The SMILES string of the molecule is Fc1ccc(C(Br)c2cc(Cl)c(Br)s2)cc1F. The summed E-state index contributed by atoms with van der Waals surface area (Å²) >= 11 is 14.1. The number of benzene rings is 1. The van der Waals surface area contributed by atoms with Gasteiger partial charge in [-0.3, -0.25) is 0 Å². The fourth-order valence-corrected chi connectivity index (χ4v) is 3.77. The maximum Gasteiger partial charge on any atom is 0.159 e. The lowest BCUT2D eigenvalue weighted by atomic mass is 10.1. The summed E-state index contributed by atoms with van der Waals surface area (Å²) in [6, 6.07) is 5.62. The Bertz CT molecular complexity index is 537. The molecule has 0 aliphatic carbocycles. The molecule has 2 rings (SSSR count). The maximum absolute atomic E-state index is 13.1. The maximum atomic E-state index is 13.1. The van der Waals surface area contributed by atoms with E-state index in [2.05, 4.69) is 31.9 Å². The van der Waals surface area contributed by atoms with Crippen molar-refractivity contribution >= 4 is 54.8 Å². The molecule has 1 unspecified atom stereocenters. The molecule has 17 heavy (non-hydrogen) atoms. The van der Waals surface area contributed by atoms with Gasteiger partial charge in [0.15, 0.2) is 11.6 Å². The molecule has 0 bridgehead atoms. The van der Waals surface area contributed by atoms with Crippen LogP contribution >= 0.6 is 54.8 Å². The van der Waals surface area contributed by atoms with Gasteiger partial charge in [-0.1, -0.05) is 33.6 Å². The summed E-state index contributed by atoms with van der Waals surface area (Å²) in [5, 5.41) is 0.608. The minimum absolute atomic E-state index is 0.202. The summed E-state index contributed by atoms with van der Waals surface area (Å²) < 4.78 is 26.7. The van der Waals surface area contributed by atoms with E-state index in [1.165, 1.54) is 17.4 Å². The summed E-state index contributed by atoms with van der Waals surface area (Å²) in [5.41, 5.74) is 0.648. The van der Waals surface area contributed by atoms with E-state index < -0.39 is 11.6 Å². The van der Waals surface area contributed by atoms with Crippen molar-refractivity contribution in [2.45, 2.75) is 4.83 Å². The van der Waals surface area contributed by atoms with Crippen molar-refractivity contribution in [2.24, 2.45) is 0 Å². The van der Waals surface area contributed by atoms with Crippen molar-refractivity contribution in [3.05, 3.63) is 55.1 Å². The molecule has 0 saturated heterocycles. The zero-order chi connectivity index (χ0) is 12.6. The van der Waals surface area contributed by atoms with Crippen LogP contribution in [-0.2, 0) is 0 Å². The second-order valence-electron chi connectivity index (χ2n) is 3.31. The predicted octanol–water partition coefficient (Wildman–Crippen LogP) is 5.93. The van der Waals surface area contributed by atoms with Gasteiger partial charge in [0.25, 0.3) is 0 Å². The topological polar surface area (TPSA) is 0 Å². The zero-order valence-corrected chi connectivity index (χ0v) is 12.9. The molecule has 1 heterocycles. The van der Waals surface area contributed by atoms with Gasteiger partial charge in [-0.05, 0) is 39.7 Å². The van der Waals surface area contributed by atoms with Gasteiger partial charge in [0, 0.05) is 4.88 Å². The smallest absolute Gasteiger partial charge is 0.159 e. The van der Waals surface area contributed by atoms with Crippen molar-refractivity contribution in [1.29, 1.82) is 0 Å². The van der Waals surface area contributed by atoms with Gasteiger partial charge in [-0.15, -0.1) is 11.3 Å². The lowest BCUT2D eigenvalue weighted by Gasteiger charge is -2.08. The molecular formula is C11H5Br2ClF2S. The van der Waals surface area contributed by atoms with Crippen LogP contribution in [0.3, 0.4) is 0 Å². The largest absolute Gasteiger partial charge is 0.204 e. The third-order valence-electron chi connectivity index (χ3n) is 2.15. The quantitative estimate of drug-likeness (QED) is 0.547. The fraction of sp³-hybridized carbons (Fsp3) is 0.0909. The van der Waals surface area contributed by atoms with E-state index in [-0.39, 0.29) is 4.83 Å². The first-order chi connectivity index (χ1) is 7.99. The third-order valence-corrected chi connectivity index (χ3v) is 6.01. The number of hydrogen-bond acceptors (Lipinski definition) is 1. The van der Waals surface area contributed by atoms with E-state index in [0.717, 1.165) is 14.7 Å². The highest BCUT2D eigenvalue weighted by molar-refractivity contribution is 9.11. The molecule has 6 heteroatoms. The Labute approximate surface area is 123 Å². The lowest BCUT2D eigenvalue weighted by molar-refractivity contribution is 0.507. The molecule has 1 aromatic heterocycles. The number of alkyl halides is 1. The van der Waals surface area contributed by atoms with Gasteiger partial charge >= 0.3 is 0 Å². The number of hydrogen-bond donors (Lipinski definition) is 0. The molecular weight excluding hydrogens is 397 g/mol. The highest BCUT2D eigenvalue weighted by Crippen LogP contribution is 2.41. The van der Waals surface area contributed by atoms with Gasteiger partial charge < -0.3 is 0 Å². The Kier molecular flexibility index (Phi) is 4.23. The monoisotopic (exact) mass is 400 g/mol. The molecule has 2 aromatic rings. The Morgan fingerprint density at radius 3 is 2.41 bits per heavy atom. The first kappa shape index (κ1) is 13.5. The molecule has 0 spiro atoms. The normalized spacial score (nSPS) is 12.8. The van der Waals surface area contributed by atoms with Crippen LogP contribution in [0, 0.1) is 11.6 Å². The minimum Gasteiger partial charge on any atom is -0.204 e. The molecule has 0 N–H and O–H groups in total. The number of rotatable bonds is 2. The zero-order valence-electron chi connectivity index (χ0n) is 8.18. The van der Waals surface area contributed by atoms with Gasteiger partial charge in [0.2, 0.25) is 0 Å². The Morgan fingerprint density at radius 1 is 1.18 bits per heavy atom. The van der Waals surface area contributed by atoms with Crippen LogP contribution in [0.2, 0.25) is 5.02 Å². The summed E-state index contributed by atoms with van der Waals surface area (Å²) in [5.74, 6) is -1.70. The first-order valence-corrected chi connectivity index (χ1v) is 7.43. The van der Waals surface area contributed by atoms with Crippen molar-refractivity contribution in [3.63, 3.8) is 0 Å².